The topological polar surface area (TPSA) is 74.6 Å². The number of hydrogen-bond acceptors (Lipinski definition) is 2. The summed E-state index contributed by atoms with van der Waals surface area (Å²) in [5.74, 6) is -74.9. The van der Waals surface area contributed by atoms with Crippen molar-refractivity contribution in [3.63, 3.8) is 0 Å². The maximum atomic E-state index is 13.2. The van der Waals surface area contributed by atoms with Gasteiger partial charge in [0.25, 0.3) is 0 Å². The molecule has 0 aliphatic heterocycles. The number of hydrogen-bond donors (Lipinski definition) is 2. The van der Waals surface area contributed by atoms with E-state index in [0.717, 1.165) is 0 Å². The minimum atomic E-state index is -8.80. The SMILES string of the molecule is O=C(O)C(F)(F)C(F)(F)C(F)(F)C(F)(F)C(F)(F)C(F)(F)C(F)(F)C(F)(F)C(=O)O.[AlH3]. The highest BCUT2D eigenvalue weighted by molar-refractivity contribution is 5.77. The lowest BCUT2D eigenvalue weighted by Crippen LogP contribution is -2.75. The van der Waals surface area contributed by atoms with Crippen molar-refractivity contribution in [1.29, 1.82) is 0 Å². The predicted octanol–water partition coefficient (Wildman–Crippen LogP) is 3.05. The van der Waals surface area contributed by atoms with Crippen molar-refractivity contribution >= 4 is 29.3 Å². The molecule has 21 heteroatoms. The zero-order chi connectivity index (χ0) is 25.2. The van der Waals surface area contributed by atoms with Crippen molar-refractivity contribution in [2.24, 2.45) is 0 Å². The van der Waals surface area contributed by atoms with E-state index >= 15 is 0 Å². The maximum Gasteiger partial charge on any atom is 0.410 e. The van der Waals surface area contributed by atoms with Crippen molar-refractivity contribution < 1.29 is 90.0 Å². The number of aliphatic carboxylic acids is 2. The molecule has 0 aromatic carbocycles. The van der Waals surface area contributed by atoms with Crippen LogP contribution in [0.3, 0.4) is 0 Å². The summed E-state index contributed by atoms with van der Waals surface area (Å²) in [4.78, 5) is 19.7. The lowest BCUT2D eigenvalue weighted by Gasteiger charge is -2.42. The van der Waals surface area contributed by atoms with Crippen molar-refractivity contribution in [3.05, 3.63) is 0 Å². The van der Waals surface area contributed by atoms with Gasteiger partial charge in [-0.25, -0.2) is 9.59 Å². The van der Waals surface area contributed by atoms with Crippen LogP contribution in [-0.4, -0.2) is 86.9 Å². The first-order chi connectivity index (χ1) is 12.6. The molecule has 0 aliphatic carbocycles. The fourth-order valence-corrected chi connectivity index (χ4v) is 1.45. The summed E-state index contributed by atoms with van der Waals surface area (Å²) in [6.45, 7) is 0. The first-order valence-corrected chi connectivity index (χ1v) is 6.13. The molecular weight excluding hydrogens is 515 g/mol. The molecule has 0 bridgehead atoms. The first-order valence-electron chi connectivity index (χ1n) is 6.13. The molecule has 2 N–H and O–H groups in total. The highest BCUT2D eigenvalue weighted by Gasteiger charge is 2.96. The van der Waals surface area contributed by atoms with E-state index in [0.29, 0.717) is 0 Å². The van der Waals surface area contributed by atoms with Crippen LogP contribution < -0.4 is 0 Å². The number of rotatable bonds is 9. The van der Waals surface area contributed by atoms with Crippen LogP contribution in [0.25, 0.3) is 0 Å². The van der Waals surface area contributed by atoms with Gasteiger partial charge in [-0.2, -0.15) is 70.2 Å². The second-order valence-electron chi connectivity index (χ2n) is 5.21. The van der Waals surface area contributed by atoms with Crippen LogP contribution in [0.2, 0.25) is 0 Å². The Morgan fingerprint density at radius 3 is 0.645 bits per heavy atom. The Balaban J connectivity index is 0. The molecule has 0 saturated heterocycles. The summed E-state index contributed by atoms with van der Waals surface area (Å²) in [5.41, 5.74) is 0. The zero-order valence-corrected chi connectivity index (χ0v) is 12.8. The smallest absolute Gasteiger partial charge is 0.410 e. The third-order valence-electron chi connectivity index (χ3n) is 3.30. The van der Waals surface area contributed by atoms with Crippen molar-refractivity contribution in [2.75, 3.05) is 0 Å². The van der Waals surface area contributed by atoms with E-state index < -0.39 is 59.3 Å². The van der Waals surface area contributed by atoms with Gasteiger partial charge in [0.15, 0.2) is 17.4 Å². The van der Waals surface area contributed by atoms with Crippen molar-refractivity contribution in [1.82, 2.24) is 0 Å². The molecule has 0 saturated carbocycles. The fourth-order valence-electron chi connectivity index (χ4n) is 1.45. The van der Waals surface area contributed by atoms with Gasteiger partial charge in [0, 0.05) is 0 Å². The van der Waals surface area contributed by atoms with Gasteiger partial charge >= 0.3 is 59.3 Å². The Morgan fingerprint density at radius 2 is 0.516 bits per heavy atom. The molecule has 0 radical (unpaired) electrons. The Bertz CT molecular complexity index is 657. The zero-order valence-electron chi connectivity index (χ0n) is 12.8. The molecule has 0 atom stereocenters. The minimum absolute atomic E-state index is 0. The molecule has 31 heavy (non-hydrogen) atoms. The molecule has 184 valence electrons. The van der Waals surface area contributed by atoms with E-state index in [4.69, 9.17) is 10.2 Å². The molecule has 0 rings (SSSR count). The van der Waals surface area contributed by atoms with Crippen LogP contribution >= 0.6 is 0 Å². The highest BCUT2D eigenvalue weighted by atomic mass is 27.0. The molecule has 0 aliphatic rings. The number of halogens is 16. The van der Waals surface area contributed by atoms with Gasteiger partial charge < -0.3 is 10.2 Å². The monoisotopic (exact) mass is 520 g/mol. The fraction of sp³-hybridized carbons (Fsp3) is 0.800. The van der Waals surface area contributed by atoms with Crippen molar-refractivity contribution in [2.45, 2.75) is 47.4 Å². The Kier molecular flexibility index (Phi) is 7.87. The van der Waals surface area contributed by atoms with Crippen LogP contribution in [0.1, 0.15) is 0 Å². The van der Waals surface area contributed by atoms with Gasteiger partial charge in [-0.15, -0.1) is 0 Å². The summed E-state index contributed by atoms with van der Waals surface area (Å²) in [5, 5.41) is 15.3. The number of alkyl halides is 16. The van der Waals surface area contributed by atoms with Gasteiger partial charge in [-0.1, -0.05) is 0 Å². The maximum absolute atomic E-state index is 13.2. The van der Waals surface area contributed by atoms with Crippen LogP contribution in [0, 0.1) is 0 Å². The van der Waals surface area contributed by atoms with Crippen LogP contribution in [0.5, 0.6) is 0 Å². The first kappa shape index (κ1) is 31.5. The lowest BCUT2D eigenvalue weighted by atomic mass is 9.87. The minimum Gasteiger partial charge on any atom is -0.477 e. The average molecular weight is 520 g/mol. The van der Waals surface area contributed by atoms with Crippen LogP contribution in [0.15, 0.2) is 0 Å². The molecule has 0 aromatic rings. The van der Waals surface area contributed by atoms with Crippen molar-refractivity contribution in [3.8, 4) is 0 Å². The molecule has 0 fully saturated rings. The normalized spacial score (nSPS) is 15.4. The Hall–Kier alpha value is -1.65. The summed E-state index contributed by atoms with van der Waals surface area (Å²) in [7, 11) is 0. The number of carbonyl (C=O) groups is 2. The Morgan fingerprint density at radius 1 is 0.387 bits per heavy atom. The van der Waals surface area contributed by atoms with E-state index in [9.17, 15) is 79.8 Å². The lowest BCUT2D eigenvalue weighted by molar-refractivity contribution is -0.448. The van der Waals surface area contributed by atoms with Gasteiger partial charge in [-0.3, -0.25) is 0 Å². The second-order valence-corrected chi connectivity index (χ2v) is 5.21. The molecular formula is C10H5AlF16O4. The van der Waals surface area contributed by atoms with E-state index in [1.54, 1.807) is 0 Å². The predicted molar refractivity (Wildman–Crippen MR) is 64.8 cm³/mol. The molecule has 0 spiro atoms. The molecule has 0 amide bonds. The third kappa shape index (κ3) is 3.66. The van der Waals surface area contributed by atoms with E-state index in [2.05, 4.69) is 0 Å². The second kappa shape index (κ2) is 7.74. The highest BCUT2D eigenvalue weighted by Crippen LogP contribution is 2.63. The molecule has 0 aromatic heterocycles. The quantitative estimate of drug-likeness (QED) is 0.363. The van der Waals surface area contributed by atoms with E-state index in [1.165, 1.54) is 0 Å². The van der Waals surface area contributed by atoms with Gasteiger partial charge in [0.1, 0.15) is 0 Å². The molecule has 4 nitrogen and oxygen atoms in total. The number of carboxylic acids is 2. The molecule has 0 unspecified atom stereocenters. The largest absolute Gasteiger partial charge is 0.477 e. The van der Waals surface area contributed by atoms with Gasteiger partial charge in [0.2, 0.25) is 0 Å². The number of carboxylic acid groups (broad SMARTS) is 2. The van der Waals surface area contributed by atoms with Crippen LogP contribution in [0.4, 0.5) is 70.2 Å². The van der Waals surface area contributed by atoms with E-state index in [-0.39, 0.29) is 17.4 Å². The van der Waals surface area contributed by atoms with E-state index in [1.807, 2.05) is 0 Å². The van der Waals surface area contributed by atoms with Crippen LogP contribution in [-0.2, 0) is 9.59 Å². The summed E-state index contributed by atoms with van der Waals surface area (Å²) >= 11 is 0. The third-order valence-corrected chi connectivity index (χ3v) is 3.30. The summed E-state index contributed by atoms with van der Waals surface area (Å²) in [6, 6.07) is 0. The Labute approximate surface area is 167 Å². The van der Waals surface area contributed by atoms with Gasteiger partial charge in [-0.05, 0) is 0 Å². The standard InChI is InChI=1S/C10H2F16O4.Al.3H/c11-3(12,1(27)28)5(15,16)7(19,20)9(23,24)10(25,26)8(21,22)6(17,18)4(13,14)2(29)30;;;;/h(H,27,28)(H,29,30);;;;. The summed E-state index contributed by atoms with van der Waals surface area (Å²) < 4.78 is 207. The molecule has 0 heterocycles. The average Bonchev–Trinajstić information content (AvgIpc) is 2.52. The van der Waals surface area contributed by atoms with Gasteiger partial charge in [0.05, 0.1) is 0 Å². The summed E-state index contributed by atoms with van der Waals surface area (Å²) in [6.07, 6.45) is 0.